The first-order valence-electron chi connectivity index (χ1n) is 9.24. The summed E-state index contributed by atoms with van der Waals surface area (Å²) >= 11 is 0. The number of amides is 1. The molecule has 1 amide bonds. The highest BCUT2D eigenvalue weighted by molar-refractivity contribution is 5.87. The Kier molecular flexibility index (Phi) is 4.91. The van der Waals surface area contributed by atoms with Crippen LogP contribution in [0.4, 0.5) is 11.8 Å². The minimum atomic E-state index is -0.180. The average molecular weight is 366 g/mol. The Balaban J connectivity index is 1.49. The van der Waals surface area contributed by atoms with E-state index < -0.39 is 0 Å². The van der Waals surface area contributed by atoms with Crippen LogP contribution in [0.15, 0.2) is 40.9 Å². The second-order valence-electron chi connectivity index (χ2n) is 6.79. The van der Waals surface area contributed by atoms with Crippen LogP contribution in [-0.4, -0.2) is 21.9 Å². The molecule has 2 heterocycles. The Bertz CT molecular complexity index is 947. The standard InChI is InChI=1S/C20H22N4O3/c1-13(25)22-19-12-16(9-10-21-19)26-15-7-8-17-18(11-15)27-20(24-17)23-14-5-3-2-4-6-14/h7-12,14H,2-6H2,1H3,(H,23,24)(H,21,22,25). The van der Waals surface area contributed by atoms with Gasteiger partial charge in [-0.25, -0.2) is 4.98 Å². The van der Waals surface area contributed by atoms with E-state index >= 15 is 0 Å². The van der Waals surface area contributed by atoms with Crippen molar-refractivity contribution in [3.05, 3.63) is 36.5 Å². The van der Waals surface area contributed by atoms with Crippen LogP contribution in [0.1, 0.15) is 39.0 Å². The quantitative estimate of drug-likeness (QED) is 0.679. The van der Waals surface area contributed by atoms with Crippen molar-refractivity contribution in [2.45, 2.75) is 45.1 Å². The average Bonchev–Trinajstić information content (AvgIpc) is 3.04. The molecule has 0 atom stereocenters. The fourth-order valence-electron chi connectivity index (χ4n) is 3.31. The summed E-state index contributed by atoms with van der Waals surface area (Å²) in [5.74, 6) is 1.47. The molecular weight excluding hydrogens is 344 g/mol. The zero-order valence-corrected chi connectivity index (χ0v) is 15.2. The van der Waals surface area contributed by atoms with Gasteiger partial charge < -0.3 is 19.8 Å². The monoisotopic (exact) mass is 366 g/mol. The molecule has 1 fully saturated rings. The molecule has 0 bridgehead atoms. The molecule has 0 unspecified atom stereocenters. The minimum absolute atomic E-state index is 0.180. The number of nitrogens with zero attached hydrogens (tertiary/aromatic N) is 2. The summed E-state index contributed by atoms with van der Waals surface area (Å²) in [6, 6.07) is 9.92. The summed E-state index contributed by atoms with van der Waals surface area (Å²) in [6.45, 7) is 1.44. The summed E-state index contributed by atoms with van der Waals surface area (Å²) in [7, 11) is 0. The number of oxazole rings is 1. The maximum absolute atomic E-state index is 11.2. The molecule has 1 saturated carbocycles. The third-order valence-electron chi connectivity index (χ3n) is 4.56. The summed E-state index contributed by atoms with van der Waals surface area (Å²) in [4.78, 5) is 19.7. The molecule has 4 rings (SSSR count). The number of rotatable bonds is 5. The van der Waals surface area contributed by atoms with Gasteiger partial charge >= 0.3 is 0 Å². The van der Waals surface area contributed by atoms with Crippen LogP contribution in [0, 0.1) is 0 Å². The van der Waals surface area contributed by atoms with Crippen molar-refractivity contribution in [2.75, 3.05) is 10.6 Å². The lowest BCUT2D eigenvalue weighted by molar-refractivity contribution is -0.114. The number of aromatic nitrogens is 2. The normalized spacial score (nSPS) is 14.9. The fourth-order valence-corrected chi connectivity index (χ4v) is 3.31. The molecule has 1 aromatic carbocycles. The predicted molar refractivity (Wildman–Crippen MR) is 103 cm³/mol. The molecule has 140 valence electrons. The van der Waals surface area contributed by atoms with Gasteiger partial charge in [-0.05, 0) is 31.0 Å². The third kappa shape index (κ3) is 4.36. The zero-order valence-electron chi connectivity index (χ0n) is 15.2. The number of nitrogens with one attached hydrogen (secondary N) is 2. The minimum Gasteiger partial charge on any atom is -0.457 e. The Labute approximate surface area is 157 Å². The Morgan fingerprint density at radius 3 is 2.78 bits per heavy atom. The van der Waals surface area contributed by atoms with E-state index in [2.05, 4.69) is 20.6 Å². The van der Waals surface area contributed by atoms with Gasteiger partial charge in [-0.1, -0.05) is 19.3 Å². The molecule has 27 heavy (non-hydrogen) atoms. The third-order valence-corrected chi connectivity index (χ3v) is 4.56. The first-order chi connectivity index (χ1) is 13.2. The molecule has 0 spiro atoms. The Morgan fingerprint density at radius 2 is 1.96 bits per heavy atom. The SMILES string of the molecule is CC(=O)Nc1cc(Oc2ccc3nc(NC4CCCCC4)oc3c2)ccn1. The number of carbonyl (C=O) groups excluding carboxylic acids is 1. The van der Waals surface area contributed by atoms with Crippen LogP contribution < -0.4 is 15.4 Å². The van der Waals surface area contributed by atoms with E-state index in [4.69, 9.17) is 9.15 Å². The molecule has 2 N–H and O–H groups in total. The Hall–Kier alpha value is -3.09. The van der Waals surface area contributed by atoms with Crippen LogP contribution in [0.3, 0.4) is 0 Å². The summed E-state index contributed by atoms with van der Waals surface area (Å²) in [6.07, 6.45) is 7.72. The second-order valence-corrected chi connectivity index (χ2v) is 6.79. The molecule has 0 radical (unpaired) electrons. The smallest absolute Gasteiger partial charge is 0.295 e. The van der Waals surface area contributed by atoms with Crippen molar-refractivity contribution in [3.63, 3.8) is 0 Å². The van der Waals surface area contributed by atoms with Crippen LogP contribution >= 0.6 is 0 Å². The van der Waals surface area contributed by atoms with Gasteiger partial charge in [-0.15, -0.1) is 0 Å². The fraction of sp³-hybridized carbons (Fsp3) is 0.350. The van der Waals surface area contributed by atoms with Crippen LogP contribution in [0.25, 0.3) is 11.1 Å². The van der Waals surface area contributed by atoms with E-state index in [0.717, 1.165) is 18.4 Å². The molecule has 2 aromatic heterocycles. The molecular formula is C20H22N4O3. The number of benzene rings is 1. The van der Waals surface area contributed by atoms with Crippen molar-refractivity contribution in [1.29, 1.82) is 0 Å². The maximum Gasteiger partial charge on any atom is 0.295 e. The molecule has 1 aliphatic carbocycles. The number of carbonyl (C=O) groups is 1. The zero-order chi connectivity index (χ0) is 18.6. The van der Waals surface area contributed by atoms with E-state index in [9.17, 15) is 4.79 Å². The van der Waals surface area contributed by atoms with E-state index in [1.54, 1.807) is 18.3 Å². The number of pyridine rings is 1. The predicted octanol–water partition coefficient (Wildman–Crippen LogP) is 4.72. The summed E-state index contributed by atoms with van der Waals surface area (Å²) in [5, 5.41) is 6.03. The number of hydrogen-bond donors (Lipinski definition) is 2. The van der Waals surface area contributed by atoms with Gasteiger partial charge in [0, 0.05) is 31.3 Å². The van der Waals surface area contributed by atoms with E-state index in [0.29, 0.717) is 35.0 Å². The molecule has 7 nitrogen and oxygen atoms in total. The van der Waals surface area contributed by atoms with Crippen molar-refractivity contribution >= 4 is 28.8 Å². The van der Waals surface area contributed by atoms with Crippen molar-refractivity contribution in [1.82, 2.24) is 9.97 Å². The van der Waals surface area contributed by atoms with Crippen LogP contribution in [0.2, 0.25) is 0 Å². The highest BCUT2D eigenvalue weighted by atomic mass is 16.5. The highest BCUT2D eigenvalue weighted by Crippen LogP contribution is 2.29. The van der Waals surface area contributed by atoms with Crippen LogP contribution in [0.5, 0.6) is 11.5 Å². The summed E-state index contributed by atoms with van der Waals surface area (Å²) < 4.78 is 11.7. The first-order valence-corrected chi connectivity index (χ1v) is 9.24. The first kappa shape index (κ1) is 17.3. The molecule has 1 aliphatic rings. The van der Waals surface area contributed by atoms with E-state index in [-0.39, 0.29) is 5.91 Å². The van der Waals surface area contributed by atoms with Gasteiger partial charge in [0.1, 0.15) is 22.8 Å². The van der Waals surface area contributed by atoms with Gasteiger partial charge in [0.15, 0.2) is 5.58 Å². The van der Waals surface area contributed by atoms with Gasteiger partial charge in [-0.2, -0.15) is 4.98 Å². The lowest BCUT2D eigenvalue weighted by Gasteiger charge is -2.21. The Morgan fingerprint density at radius 1 is 1.15 bits per heavy atom. The second kappa shape index (κ2) is 7.65. The largest absolute Gasteiger partial charge is 0.457 e. The lowest BCUT2D eigenvalue weighted by atomic mass is 9.96. The topological polar surface area (TPSA) is 89.3 Å². The maximum atomic E-state index is 11.2. The molecule has 3 aromatic rings. The van der Waals surface area contributed by atoms with Gasteiger partial charge in [-0.3, -0.25) is 4.79 Å². The van der Waals surface area contributed by atoms with E-state index in [1.165, 1.54) is 26.2 Å². The number of hydrogen-bond acceptors (Lipinski definition) is 6. The van der Waals surface area contributed by atoms with Crippen molar-refractivity contribution < 1.29 is 13.9 Å². The van der Waals surface area contributed by atoms with Crippen molar-refractivity contribution in [3.8, 4) is 11.5 Å². The van der Waals surface area contributed by atoms with Gasteiger partial charge in [0.05, 0.1) is 0 Å². The van der Waals surface area contributed by atoms with Gasteiger partial charge in [0.25, 0.3) is 6.01 Å². The number of fused-ring (bicyclic) bond motifs is 1. The van der Waals surface area contributed by atoms with Gasteiger partial charge in [0.2, 0.25) is 5.91 Å². The highest BCUT2D eigenvalue weighted by Gasteiger charge is 2.16. The van der Waals surface area contributed by atoms with Crippen LogP contribution in [-0.2, 0) is 4.79 Å². The molecule has 0 saturated heterocycles. The van der Waals surface area contributed by atoms with Crippen molar-refractivity contribution in [2.24, 2.45) is 0 Å². The summed E-state index contributed by atoms with van der Waals surface area (Å²) in [5.41, 5.74) is 1.45. The molecule has 0 aliphatic heterocycles. The number of anilines is 2. The molecule has 7 heteroatoms. The lowest BCUT2D eigenvalue weighted by Crippen LogP contribution is -2.22. The van der Waals surface area contributed by atoms with E-state index in [1.807, 2.05) is 18.2 Å². The number of ether oxygens (including phenoxy) is 1.